The van der Waals surface area contributed by atoms with Gasteiger partial charge in [0, 0.05) is 24.4 Å². The third kappa shape index (κ3) is 3.35. The van der Waals surface area contributed by atoms with Crippen LogP contribution in [-0.4, -0.2) is 43.2 Å². The highest BCUT2D eigenvalue weighted by molar-refractivity contribution is 5.95. The average molecular weight is 329 g/mol. The summed E-state index contributed by atoms with van der Waals surface area (Å²) in [6.07, 6.45) is 3.05. The molecule has 0 aliphatic carbocycles. The van der Waals surface area contributed by atoms with Crippen LogP contribution in [0.2, 0.25) is 0 Å². The summed E-state index contributed by atoms with van der Waals surface area (Å²) >= 11 is 0. The number of imidazole rings is 1. The normalized spacial score (nSPS) is 12.0. The molecular formula is C15H15N5O4. The number of hydrogen-bond acceptors (Lipinski definition) is 5. The monoisotopic (exact) mass is 329 g/mol. The van der Waals surface area contributed by atoms with Crippen molar-refractivity contribution in [3.05, 3.63) is 47.9 Å². The number of carbonyl (C=O) groups excluding carboxylic acids is 1. The minimum Gasteiger partial charge on any atom is -0.480 e. The lowest BCUT2D eigenvalue weighted by Crippen LogP contribution is -2.42. The van der Waals surface area contributed by atoms with Gasteiger partial charge in [0.2, 0.25) is 0 Å². The molecule has 0 aromatic carbocycles. The van der Waals surface area contributed by atoms with Gasteiger partial charge in [0.1, 0.15) is 17.5 Å². The number of nitrogens with zero attached hydrogens (tertiary/aromatic N) is 2. The van der Waals surface area contributed by atoms with Gasteiger partial charge in [0.25, 0.3) is 5.91 Å². The highest BCUT2D eigenvalue weighted by Gasteiger charge is 2.23. The first-order valence-corrected chi connectivity index (χ1v) is 7.16. The zero-order chi connectivity index (χ0) is 17.1. The summed E-state index contributed by atoms with van der Waals surface area (Å²) in [5.41, 5.74) is 1.22. The molecule has 3 aromatic rings. The second-order valence-electron chi connectivity index (χ2n) is 5.22. The highest BCUT2D eigenvalue weighted by atomic mass is 16.4. The van der Waals surface area contributed by atoms with Gasteiger partial charge in [-0.15, -0.1) is 0 Å². The third-order valence-corrected chi connectivity index (χ3v) is 3.40. The van der Waals surface area contributed by atoms with E-state index in [0.29, 0.717) is 17.1 Å². The largest absolute Gasteiger partial charge is 0.480 e. The summed E-state index contributed by atoms with van der Waals surface area (Å²) in [7, 11) is 0. The van der Waals surface area contributed by atoms with E-state index in [9.17, 15) is 14.7 Å². The number of rotatable bonds is 6. The molecule has 9 nitrogen and oxygen atoms in total. The molecule has 3 aromatic heterocycles. The molecule has 3 rings (SSSR count). The first-order valence-electron chi connectivity index (χ1n) is 7.16. The quantitative estimate of drug-likeness (QED) is 0.535. The molecule has 0 radical (unpaired) electrons. The van der Waals surface area contributed by atoms with Crippen LogP contribution in [0.4, 0.5) is 0 Å². The van der Waals surface area contributed by atoms with Crippen LogP contribution in [0.1, 0.15) is 21.9 Å². The summed E-state index contributed by atoms with van der Waals surface area (Å²) in [5.74, 6) is -0.453. The molecule has 0 fully saturated rings. The van der Waals surface area contributed by atoms with Crippen LogP contribution in [0.5, 0.6) is 0 Å². The molecule has 0 saturated carbocycles. The molecule has 4 N–H and O–H groups in total. The minimum atomic E-state index is -1.14. The Bertz CT molecular complexity index is 849. The summed E-state index contributed by atoms with van der Waals surface area (Å²) in [4.78, 5) is 30.2. The van der Waals surface area contributed by atoms with E-state index >= 15 is 0 Å². The lowest BCUT2D eigenvalue weighted by Gasteiger charge is -2.12. The Morgan fingerprint density at radius 1 is 1.42 bits per heavy atom. The fourth-order valence-electron chi connectivity index (χ4n) is 2.19. The number of aliphatic carboxylic acids is 1. The number of carboxylic acid groups (broad SMARTS) is 1. The molecule has 1 unspecified atom stereocenters. The maximum Gasteiger partial charge on any atom is 0.326 e. The van der Waals surface area contributed by atoms with Gasteiger partial charge in [-0.1, -0.05) is 0 Å². The minimum absolute atomic E-state index is 0.0786. The predicted octanol–water partition coefficient (Wildman–Crippen LogP) is 1.13. The Morgan fingerprint density at radius 2 is 2.25 bits per heavy atom. The van der Waals surface area contributed by atoms with Crippen LogP contribution in [-0.2, 0) is 11.2 Å². The van der Waals surface area contributed by atoms with Crippen LogP contribution < -0.4 is 5.32 Å². The first-order chi connectivity index (χ1) is 11.5. The van der Waals surface area contributed by atoms with Gasteiger partial charge < -0.3 is 19.8 Å². The van der Waals surface area contributed by atoms with Crippen molar-refractivity contribution in [3.63, 3.8) is 0 Å². The Morgan fingerprint density at radius 3 is 2.88 bits per heavy atom. The number of aromatic amines is 2. The number of hydrogen-bond donors (Lipinski definition) is 4. The summed E-state index contributed by atoms with van der Waals surface area (Å²) < 4.78 is 5.44. The number of aromatic nitrogens is 4. The lowest BCUT2D eigenvalue weighted by molar-refractivity contribution is -0.139. The van der Waals surface area contributed by atoms with Crippen molar-refractivity contribution in [1.82, 2.24) is 25.5 Å². The molecule has 0 bridgehead atoms. The third-order valence-electron chi connectivity index (χ3n) is 3.40. The molecule has 1 atom stereocenters. The van der Waals surface area contributed by atoms with Gasteiger partial charge >= 0.3 is 5.97 Å². The molecule has 3 heterocycles. The predicted molar refractivity (Wildman–Crippen MR) is 82.2 cm³/mol. The number of H-pyrrole nitrogens is 2. The summed E-state index contributed by atoms with van der Waals surface area (Å²) in [6.45, 7) is 1.81. The average Bonchev–Trinajstić information content (AvgIpc) is 3.27. The molecule has 0 saturated heterocycles. The van der Waals surface area contributed by atoms with Gasteiger partial charge in [0.15, 0.2) is 11.5 Å². The highest BCUT2D eigenvalue weighted by Crippen LogP contribution is 2.20. The Labute approximate surface area is 136 Å². The fourth-order valence-corrected chi connectivity index (χ4v) is 2.19. The molecule has 0 aliphatic rings. The first kappa shape index (κ1) is 15.5. The zero-order valence-corrected chi connectivity index (χ0v) is 12.7. The Kier molecular flexibility index (Phi) is 4.15. The van der Waals surface area contributed by atoms with E-state index in [0.717, 1.165) is 5.76 Å². The second-order valence-corrected chi connectivity index (χ2v) is 5.22. The number of furan rings is 1. The van der Waals surface area contributed by atoms with E-state index in [2.05, 4.69) is 25.5 Å². The van der Waals surface area contributed by atoms with Crippen LogP contribution in [0.3, 0.4) is 0 Å². The maximum absolute atomic E-state index is 12.2. The molecule has 9 heteroatoms. The number of amides is 1. The van der Waals surface area contributed by atoms with Crippen molar-refractivity contribution in [3.8, 4) is 11.5 Å². The van der Waals surface area contributed by atoms with Gasteiger partial charge in [-0.25, -0.2) is 9.78 Å². The van der Waals surface area contributed by atoms with Gasteiger partial charge in [-0.05, 0) is 19.1 Å². The molecule has 0 spiro atoms. The number of aryl methyl sites for hydroxylation is 1. The fraction of sp³-hybridized carbons (Fsp3) is 0.200. The van der Waals surface area contributed by atoms with Crippen molar-refractivity contribution in [1.29, 1.82) is 0 Å². The van der Waals surface area contributed by atoms with Crippen molar-refractivity contribution in [2.75, 3.05) is 0 Å². The molecule has 124 valence electrons. The van der Waals surface area contributed by atoms with Gasteiger partial charge in [-0.2, -0.15) is 5.10 Å². The topological polar surface area (TPSA) is 137 Å². The standard InChI is InChI=1S/C15H15N5O4/c1-8-2-3-13(24-8)10-5-11(20-19-10)14(21)18-12(15(22)23)4-9-6-16-7-17-9/h2-3,5-7,12H,4H2,1H3,(H,16,17)(H,18,21)(H,19,20)(H,22,23). The Balaban J connectivity index is 1.71. The smallest absolute Gasteiger partial charge is 0.326 e. The Hall–Kier alpha value is -3.36. The number of nitrogens with one attached hydrogen (secondary N) is 3. The van der Waals surface area contributed by atoms with E-state index in [1.54, 1.807) is 19.1 Å². The van der Waals surface area contributed by atoms with E-state index in [4.69, 9.17) is 4.42 Å². The zero-order valence-electron chi connectivity index (χ0n) is 12.7. The molecule has 1 amide bonds. The molecular weight excluding hydrogens is 314 g/mol. The van der Waals surface area contributed by atoms with E-state index in [-0.39, 0.29) is 12.1 Å². The second kappa shape index (κ2) is 6.41. The summed E-state index contributed by atoms with van der Waals surface area (Å²) in [6, 6.07) is 3.95. The van der Waals surface area contributed by atoms with Crippen LogP contribution in [0, 0.1) is 6.92 Å². The van der Waals surface area contributed by atoms with Crippen molar-refractivity contribution >= 4 is 11.9 Å². The van der Waals surface area contributed by atoms with E-state index in [1.165, 1.54) is 18.6 Å². The lowest BCUT2D eigenvalue weighted by atomic mass is 10.1. The summed E-state index contributed by atoms with van der Waals surface area (Å²) in [5, 5.41) is 18.3. The SMILES string of the molecule is Cc1ccc(-c2cc(C(=O)NC(Cc3cnc[nH]3)C(=O)O)n[nH]2)o1. The number of carboxylic acids is 1. The van der Waals surface area contributed by atoms with Gasteiger partial charge in [0.05, 0.1) is 6.33 Å². The van der Waals surface area contributed by atoms with E-state index < -0.39 is 17.9 Å². The van der Waals surface area contributed by atoms with Crippen LogP contribution in [0.25, 0.3) is 11.5 Å². The van der Waals surface area contributed by atoms with Gasteiger partial charge in [-0.3, -0.25) is 9.89 Å². The maximum atomic E-state index is 12.2. The van der Waals surface area contributed by atoms with Crippen molar-refractivity contribution in [2.24, 2.45) is 0 Å². The van der Waals surface area contributed by atoms with Crippen LogP contribution in [0.15, 0.2) is 35.1 Å². The van der Waals surface area contributed by atoms with E-state index in [1.807, 2.05) is 0 Å². The van der Waals surface area contributed by atoms with Crippen molar-refractivity contribution < 1.29 is 19.1 Å². The van der Waals surface area contributed by atoms with Crippen molar-refractivity contribution in [2.45, 2.75) is 19.4 Å². The molecule has 0 aliphatic heterocycles. The van der Waals surface area contributed by atoms with Crippen LogP contribution >= 0.6 is 0 Å². The number of carbonyl (C=O) groups is 2. The molecule has 24 heavy (non-hydrogen) atoms.